The second-order valence-corrected chi connectivity index (χ2v) is 3.90. The molecule has 0 aromatic carbocycles. The van der Waals surface area contributed by atoms with E-state index >= 15 is 0 Å². The van der Waals surface area contributed by atoms with Gasteiger partial charge >= 0.3 is 0 Å². The maximum absolute atomic E-state index is 10.9. The standard InChI is InChI=1S/C11H14N2O2/c1-13(2)11-8(7-14)5-12-6-10(11)15-9-3-4-9/h5-7,9H,3-4H2,1-2H3. The number of carbonyl (C=O) groups is 1. The first kappa shape index (κ1) is 9.96. The van der Waals surface area contributed by atoms with Crippen molar-refractivity contribution in [3.05, 3.63) is 18.0 Å². The Bertz CT molecular complexity index is 373. The Morgan fingerprint density at radius 2 is 2.20 bits per heavy atom. The highest BCUT2D eigenvalue weighted by molar-refractivity contribution is 5.86. The molecule has 0 N–H and O–H groups in total. The predicted octanol–water partition coefficient (Wildman–Crippen LogP) is 1.50. The molecular weight excluding hydrogens is 192 g/mol. The molecule has 0 radical (unpaired) electrons. The number of pyridine rings is 1. The fraction of sp³-hybridized carbons (Fsp3) is 0.455. The molecule has 1 heterocycles. The summed E-state index contributed by atoms with van der Waals surface area (Å²) in [7, 11) is 3.78. The van der Waals surface area contributed by atoms with Gasteiger partial charge in [-0.3, -0.25) is 9.78 Å². The summed E-state index contributed by atoms with van der Waals surface area (Å²) in [5.41, 5.74) is 1.38. The minimum atomic E-state index is 0.312. The van der Waals surface area contributed by atoms with Gasteiger partial charge in [-0.25, -0.2) is 0 Å². The lowest BCUT2D eigenvalue weighted by atomic mass is 10.2. The molecule has 15 heavy (non-hydrogen) atoms. The maximum atomic E-state index is 10.9. The molecule has 0 unspecified atom stereocenters. The SMILES string of the molecule is CN(C)c1c(C=O)cncc1OC1CC1. The van der Waals surface area contributed by atoms with Crippen molar-refractivity contribution in [1.82, 2.24) is 4.98 Å². The van der Waals surface area contributed by atoms with E-state index in [1.165, 1.54) is 0 Å². The summed E-state index contributed by atoms with van der Waals surface area (Å²) in [6.45, 7) is 0. The molecule has 0 spiro atoms. The molecular formula is C11H14N2O2. The van der Waals surface area contributed by atoms with Crippen LogP contribution in [-0.4, -0.2) is 31.5 Å². The summed E-state index contributed by atoms with van der Waals surface area (Å²) in [4.78, 5) is 16.7. The number of hydrogen-bond donors (Lipinski definition) is 0. The third-order valence-electron chi connectivity index (χ3n) is 2.30. The zero-order valence-electron chi connectivity index (χ0n) is 8.93. The van der Waals surface area contributed by atoms with E-state index in [9.17, 15) is 4.79 Å². The Kier molecular flexibility index (Phi) is 2.58. The molecule has 1 saturated carbocycles. The highest BCUT2D eigenvalue weighted by atomic mass is 16.5. The number of ether oxygens (including phenoxy) is 1. The van der Waals surface area contributed by atoms with Crippen molar-refractivity contribution in [2.45, 2.75) is 18.9 Å². The fourth-order valence-electron chi connectivity index (χ4n) is 1.47. The van der Waals surface area contributed by atoms with Crippen molar-refractivity contribution in [3.8, 4) is 5.75 Å². The van der Waals surface area contributed by atoms with Crippen LogP contribution in [0.25, 0.3) is 0 Å². The largest absolute Gasteiger partial charge is 0.487 e. The van der Waals surface area contributed by atoms with E-state index in [4.69, 9.17) is 4.74 Å². The molecule has 4 heteroatoms. The highest BCUT2D eigenvalue weighted by Gasteiger charge is 2.25. The lowest BCUT2D eigenvalue weighted by Gasteiger charge is -2.18. The van der Waals surface area contributed by atoms with E-state index in [0.717, 1.165) is 24.8 Å². The topological polar surface area (TPSA) is 42.4 Å². The summed E-state index contributed by atoms with van der Waals surface area (Å²) < 4.78 is 5.70. The van der Waals surface area contributed by atoms with Gasteiger partial charge in [0.2, 0.25) is 0 Å². The van der Waals surface area contributed by atoms with Gasteiger partial charge in [0.15, 0.2) is 12.0 Å². The molecule has 1 aliphatic rings. The van der Waals surface area contributed by atoms with Crippen LogP contribution in [0.5, 0.6) is 5.75 Å². The quantitative estimate of drug-likeness (QED) is 0.700. The van der Waals surface area contributed by atoms with E-state index in [1.807, 2.05) is 19.0 Å². The van der Waals surface area contributed by atoms with Crippen LogP contribution in [0.2, 0.25) is 0 Å². The van der Waals surface area contributed by atoms with Crippen molar-refractivity contribution >= 4 is 12.0 Å². The van der Waals surface area contributed by atoms with Crippen LogP contribution in [0, 0.1) is 0 Å². The lowest BCUT2D eigenvalue weighted by molar-refractivity contribution is 0.112. The molecule has 1 aliphatic carbocycles. The zero-order chi connectivity index (χ0) is 10.8. The van der Waals surface area contributed by atoms with Gasteiger partial charge in [0.25, 0.3) is 0 Å². The normalized spacial score (nSPS) is 14.8. The number of rotatable bonds is 4. The van der Waals surface area contributed by atoms with Crippen molar-refractivity contribution < 1.29 is 9.53 Å². The average molecular weight is 206 g/mol. The Labute approximate surface area is 88.9 Å². The van der Waals surface area contributed by atoms with Gasteiger partial charge in [0.05, 0.1) is 23.6 Å². The molecule has 0 saturated heterocycles. The maximum Gasteiger partial charge on any atom is 0.161 e. The van der Waals surface area contributed by atoms with Gasteiger partial charge in [-0.2, -0.15) is 0 Å². The molecule has 0 bridgehead atoms. The Hall–Kier alpha value is -1.58. The molecule has 1 aromatic rings. The predicted molar refractivity (Wildman–Crippen MR) is 57.6 cm³/mol. The van der Waals surface area contributed by atoms with E-state index in [0.29, 0.717) is 17.4 Å². The van der Waals surface area contributed by atoms with Crippen LogP contribution in [0.1, 0.15) is 23.2 Å². The van der Waals surface area contributed by atoms with Crippen LogP contribution >= 0.6 is 0 Å². The van der Waals surface area contributed by atoms with E-state index < -0.39 is 0 Å². The second-order valence-electron chi connectivity index (χ2n) is 3.90. The first-order valence-corrected chi connectivity index (χ1v) is 4.99. The van der Waals surface area contributed by atoms with Crippen LogP contribution < -0.4 is 9.64 Å². The third kappa shape index (κ3) is 2.09. The van der Waals surface area contributed by atoms with Gasteiger partial charge in [-0.1, -0.05) is 0 Å². The summed E-state index contributed by atoms with van der Waals surface area (Å²) in [5, 5.41) is 0. The van der Waals surface area contributed by atoms with Gasteiger partial charge < -0.3 is 9.64 Å². The van der Waals surface area contributed by atoms with E-state index in [2.05, 4.69) is 4.98 Å². The van der Waals surface area contributed by atoms with Crippen molar-refractivity contribution in [2.75, 3.05) is 19.0 Å². The molecule has 0 atom stereocenters. The Morgan fingerprint density at radius 3 is 2.73 bits per heavy atom. The molecule has 1 aromatic heterocycles. The van der Waals surface area contributed by atoms with Crippen LogP contribution in [-0.2, 0) is 0 Å². The summed E-state index contributed by atoms with van der Waals surface area (Å²) >= 11 is 0. The molecule has 0 amide bonds. The molecule has 1 fully saturated rings. The van der Waals surface area contributed by atoms with Crippen molar-refractivity contribution in [3.63, 3.8) is 0 Å². The number of aldehydes is 1. The van der Waals surface area contributed by atoms with Crippen molar-refractivity contribution in [2.24, 2.45) is 0 Å². The van der Waals surface area contributed by atoms with Gasteiger partial charge in [-0.15, -0.1) is 0 Å². The zero-order valence-corrected chi connectivity index (χ0v) is 8.93. The van der Waals surface area contributed by atoms with Gasteiger partial charge in [0.1, 0.15) is 0 Å². The number of carbonyl (C=O) groups excluding carboxylic acids is 1. The van der Waals surface area contributed by atoms with Crippen LogP contribution in [0.4, 0.5) is 5.69 Å². The first-order chi connectivity index (χ1) is 7.22. The lowest BCUT2D eigenvalue weighted by Crippen LogP contribution is -2.14. The summed E-state index contributed by atoms with van der Waals surface area (Å²) in [6.07, 6.45) is 6.54. The van der Waals surface area contributed by atoms with E-state index in [1.54, 1.807) is 12.4 Å². The number of anilines is 1. The average Bonchev–Trinajstić information content (AvgIpc) is 3.01. The Balaban J connectivity index is 2.36. The second kappa shape index (κ2) is 3.88. The summed E-state index contributed by atoms with van der Waals surface area (Å²) in [6, 6.07) is 0. The first-order valence-electron chi connectivity index (χ1n) is 4.99. The molecule has 80 valence electrons. The molecule has 2 rings (SSSR count). The Morgan fingerprint density at radius 1 is 1.47 bits per heavy atom. The van der Waals surface area contributed by atoms with E-state index in [-0.39, 0.29) is 0 Å². The minimum absolute atomic E-state index is 0.312. The minimum Gasteiger partial charge on any atom is -0.487 e. The fourth-order valence-corrected chi connectivity index (χ4v) is 1.47. The smallest absolute Gasteiger partial charge is 0.161 e. The molecule has 4 nitrogen and oxygen atoms in total. The number of nitrogens with zero attached hydrogens (tertiary/aromatic N) is 2. The van der Waals surface area contributed by atoms with Crippen LogP contribution in [0.15, 0.2) is 12.4 Å². The van der Waals surface area contributed by atoms with Crippen molar-refractivity contribution in [1.29, 1.82) is 0 Å². The van der Waals surface area contributed by atoms with Gasteiger partial charge in [-0.05, 0) is 12.8 Å². The molecule has 0 aliphatic heterocycles. The number of aromatic nitrogens is 1. The van der Waals surface area contributed by atoms with Crippen LogP contribution in [0.3, 0.4) is 0 Å². The third-order valence-corrected chi connectivity index (χ3v) is 2.30. The monoisotopic (exact) mass is 206 g/mol. The number of hydrogen-bond acceptors (Lipinski definition) is 4. The summed E-state index contributed by atoms with van der Waals surface area (Å²) in [5.74, 6) is 0.701. The highest BCUT2D eigenvalue weighted by Crippen LogP contribution is 2.34. The van der Waals surface area contributed by atoms with Gasteiger partial charge in [0, 0.05) is 20.3 Å².